The van der Waals surface area contributed by atoms with Crippen LogP contribution in [0.3, 0.4) is 0 Å². The summed E-state index contributed by atoms with van der Waals surface area (Å²) >= 11 is 0. The molecule has 86 valence electrons. The quantitative estimate of drug-likeness (QED) is 0.851. The summed E-state index contributed by atoms with van der Waals surface area (Å²) in [5, 5.41) is 3.91. The van der Waals surface area contributed by atoms with E-state index < -0.39 is 0 Å². The molecule has 1 aliphatic rings. The minimum absolute atomic E-state index is 0. The fourth-order valence-corrected chi connectivity index (χ4v) is 1.98. The third-order valence-electron chi connectivity index (χ3n) is 3.01. The van der Waals surface area contributed by atoms with Gasteiger partial charge in [-0.15, -0.1) is 12.4 Å². The van der Waals surface area contributed by atoms with Crippen LogP contribution in [0.1, 0.15) is 19.0 Å². The Morgan fingerprint density at radius 2 is 2.47 bits per heavy atom. The Morgan fingerprint density at radius 3 is 3.00 bits per heavy atom. The number of likely N-dealkylation sites (tertiary alicyclic amines) is 1. The zero-order valence-electron chi connectivity index (χ0n) is 8.98. The van der Waals surface area contributed by atoms with Crippen molar-refractivity contribution >= 4 is 12.4 Å². The largest absolute Gasteiger partial charge is 0.364 e. The average molecular weight is 232 g/mol. The molecule has 0 aliphatic carbocycles. The second kappa shape index (κ2) is 4.96. The van der Waals surface area contributed by atoms with Gasteiger partial charge in [0, 0.05) is 19.2 Å². The average Bonchev–Trinajstić information content (AvgIpc) is 2.78. The van der Waals surface area contributed by atoms with Gasteiger partial charge in [-0.3, -0.25) is 4.90 Å². The summed E-state index contributed by atoms with van der Waals surface area (Å²) in [5.74, 6) is 0. The van der Waals surface area contributed by atoms with Crippen molar-refractivity contribution in [2.45, 2.75) is 19.9 Å². The van der Waals surface area contributed by atoms with Gasteiger partial charge in [-0.2, -0.15) is 0 Å². The first kappa shape index (κ1) is 12.5. The number of rotatable bonds is 3. The molecule has 1 saturated heterocycles. The Kier molecular flexibility index (Phi) is 4.13. The van der Waals surface area contributed by atoms with Crippen LogP contribution >= 0.6 is 12.4 Å². The van der Waals surface area contributed by atoms with Crippen LogP contribution in [0.4, 0.5) is 0 Å². The zero-order valence-corrected chi connectivity index (χ0v) is 9.80. The monoisotopic (exact) mass is 231 g/mol. The molecule has 1 aromatic heterocycles. The Bertz CT molecular complexity index is 291. The predicted molar refractivity (Wildman–Crippen MR) is 60.8 cm³/mol. The van der Waals surface area contributed by atoms with Crippen molar-refractivity contribution in [3.63, 3.8) is 0 Å². The van der Waals surface area contributed by atoms with Crippen molar-refractivity contribution < 1.29 is 4.52 Å². The number of nitrogens with two attached hydrogens (primary N) is 1. The molecule has 1 atom stereocenters. The topological polar surface area (TPSA) is 55.3 Å². The van der Waals surface area contributed by atoms with E-state index in [2.05, 4.69) is 17.0 Å². The van der Waals surface area contributed by atoms with Crippen molar-refractivity contribution in [3.05, 3.63) is 18.0 Å². The molecule has 0 saturated carbocycles. The Labute approximate surface area is 96.2 Å². The molecule has 0 amide bonds. The molecule has 2 heterocycles. The van der Waals surface area contributed by atoms with Crippen LogP contribution in [0.15, 0.2) is 16.9 Å². The maximum absolute atomic E-state index is 5.74. The maximum Gasteiger partial charge on any atom is 0.124 e. The lowest BCUT2D eigenvalue weighted by Gasteiger charge is -2.21. The van der Waals surface area contributed by atoms with Gasteiger partial charge in [0.1, 0.15) is 6.26 Å². The van der Waals surface area contributed by atoms with Crippen molar-refractivity contribution in [1.82, 2.24) is 10.1 Å². The van der Waals surface area contributed by atoms with Gasteiger partial charge in [0.05, 0.1) is 5.69 Å². The van der Waals surface area contributed by atoms with Gasteiger partial charge in [0.25, 0.3) is 0 Å². The van der Waals surface area contributed by atoms with E-state index in [0.29, 0.717) is 5.41 Å². The number of hydrogen-bond donors (Lipinski definition) is 1. The van der Waals surface area contributed by atoms with Crippen molar-refractivity contribution in [2.24, 2.45) is 11.1 Å². The summed E-state index contributed by atoms with van der Waals surface area (Å²) in [7, 11) is 0. The van der Waals surface area contributed by atoms with E-state index in [4.69, 9.17) is 10.3 Å². The molecule has 1 unspecified atom stereocenters. The molecule has 15 heavy (non-hydrogen) atoms. The Balaban J connectivity index is 0.00000112. The van der Waals surface area contributed by atoms with Gasteiger partial charge in [-0.1, -0.05) is 12.1 Å². The van der Waals surface area contributed by atoms with E-state index in [-0.39, 0.29) is 12.4 Å². The van der Waals surface area contributed by atoms with Crippen molar-refractivity contribution in [2.75, 3.05) is 19.6 Å². The van der Waals surface area contributed by atoms with Crippen molar-refractivity contribution in [1.29, 1.82) is 0 Å². The van der Waals surface area contributed by atoms with Crippen LogP contribution in [0.2, 0.25) is 0 Å². The lowest BCUT2D eigenvalue weighted by molar-refractivity contribution is 0.267. The lowest BCUT2D eigenvalue weighted by atomic mass is 9.90. The van der Waals surface area contributed by atoms with Crippen LogP contribution in [0, 0.1) is 5.41 Å². The molecular formula is C10H18ClN3O. The molecule has 2 N–H and O–H groups in total. The number of hydrogen-bond acceptors (Lipinski definition) is 4. The van der Waals surface area contributed by atoms with Crippen LogP contribution in [0.25, 0.3) is 0 Å². The first-order valence-electron chi connectivity index (χ1n) is 5.04. The molecule has 0 aromatic carbocycles. The number of halogens is 1. The van der Waals surface area contributed by atoms with Gasteiger partial charge >= 0.3 is 0 Å². The second-order valence-corrected chi connectivity index (χ2v) is 4.47. The highest BCUT2D eigenvalue weighted by Gasteiger charge is 2.32. The highest BCUT2D eigenvalue weighted by Crippen LogP contribution is 2.29. The number of aromatic nitrogens is 1. The molecule has 1 aliphatic heterocycles. The fraction of sp³-hybridized carbons (Fsp3) is 0.700. The first-order chi connectivity index (χ1) is 6.72. The molecule has 0 radical (unpaired) electrons. The van der Waals surface area contributed by atoms with Crippen LogP contribution < -0.4 is 5.73 Å². The van der Waals surface area contributed by atoms with Crippen molar-refractivity contribution in [3.8, 4) is 0 Å². The van der Waals surface area contributed by atoms with Gasteiger partial charge in [0.2, 0.25) is 0 Å². The number of nitrogens with zero attached hydrogens (tertiary/aromatic N) is 2. The molecule has 2 rings (SSSR count). The normalized spacial score (nSPS) is 26.5. The summed E-state index contributed by atoms with van der Waals surface area (Å²) in [5.41, 5.74) is 7.04. The predicted octanol–water partition coefficient (Wildman–Crippen LogP) is 1.27. The Hall–Kier alpha value is -0.580. The summed E-state index contributed by atoms with van der Waals surface area (Å²) in [6.07, 6.45) is 2.80. The smallest absolute Gasteiger partial charge is 0.124 e. The highest BCUT2D eigenvalue weighted by molar-refractivity contribution is 5.85. The molecule has 5 heteroatoms. The third-order valence-corrected chi connectivity index (χ3v) is 3.01. The zero-order chi connectivity index (χ0) is 10.0. The Morgan fingerprint density at radius 1 is 1.67 bits per heavy atom. The van der Waals surface area contributed by atoms with E-state index in [1.807, 2.05) is 6.07 Å². The fourth-order valence-electron chi connectivity index (χ4n) is 1.98. The standard InChI is InChI=1S/C10H17N3O.ClH/c1-10(7-11)3-4-13(8-10)6-9-2-5-14-12-9;/h2,5H,3-4,6-8,11H2,1H3;1H. The molecule has 1 fully saturated rings. The molecule has 4 nitrogen and oxygen atoms in total. The first-order valence-corrected chi connectivity index (χ1v) is 5.04. The van der Waals surface area contributed by atoms with Crippen LogP contribution in [0.5, 0.6) is 0 Å². The van der Waals surface area contributed by atoms with E-state index in [1.165, 1.54) is 6.42 Å². The molecular weight excluding hydrogens is 214 g/mol. The van der Waals surface area contributed by atoms with Crippen LogP contribution in [-0.4, -0.2) is 29.7 Å². The SMILES string of the molecule is CC1(CN)CCN(Cc2ccon2)C1.Cl. The lowest BCUT2D eigenvalue weighted by Crippen LogP contribution is -2.31. The molecule has 0 spiro atoms. The summed E-state index contributed by atoms with van der Waals surface area (Å²) in [4.78, 5) is 2.38. The van der Waals surface area contributed by atoms with E-state index in [0.717, 1.165) is 31.9 Å². The maximum atomic E-state index is 5.74. The summed E-state index contributed by atoms with van der Waals surface area (Å²) in [6.45, 7) is 6.07. The van der Waals surface area contributed by atoms with Gasteiger partial charge < -0.3 is 10.3 Å². The minimum Gasteiger partial charge on any atom is -0.364 e. The second-order valence-electron chi connectivity index (χ2n) is 4.47. The minimum atomic E-state index is 0. The van der Waals surface area contributed by atoms with Crippen LogP contribution in [-0.2, 0) is 6.54 Å². The summed E-state index contributed by atoms with van der Waals surface area (Å²) < 4.78 is 4.80. The van der Waals surface area contributed by atoms with Gasteiger partial charge in [0.15, 0.2) is 0 Å². The third kappa shape index (κ3) is 2.93. The van der Waals surface area contributed by atoms with E-state index in [9.17, 15) is 0 Å². The summed E-state index contributed by atoms with van der Waals surface area (Å²) in [6, 6.07) is 1.91. The van der Waals surface area contributed by atoms with E-state index in [1.54, 1.807) is 6.26 Å². The molecule has 0 bridgehead atoms. The van der Waals surface area contributed by atoms with Gasteiger partial charge in [-0.05, 0) is 24.9 Å². The molecule has 1 aromatic rings. The van der Waals surface area contributed by atoms with E-state index >= 15 is 0 Å². The highest BCUT2D eigenvalue weighted by atomic mass is 35.5. The van der Waals surface area contributed by atoms with Gasteiger partial charge in [-0.25, -0.2) is 0 Å².